The Bertz CT molecular complexity index is 908. The topological polar surface area (TPSA) is 108 Å². The Kier molecular flexibility index (Phi) is 7.28. The number of ether oxygens (including phenoxy) is 3. The summed E-state index contributed by atoms with van der Waals surface area (Å²) in [5.74, 6) is -0.0169. The second kappa shape index (κ2) is 10.1. The third-order valence-corrected chi connectivity index (χ3v) is 5.36. The van der Waals surface area contributed by atoms with Crippen molar-refractivity contribution < 1.29 is 33.1 Å². The van der Waals surface area contributed by atoms with E-state index in [1.807, 2.05) is 13.8 Å². The van der Waals surface area contributed by atoms with Crippen molar-refractivity contribution in [1.82, 2.24) is 10.1 Å². The number of aromatic nitrogens is 1. The van der Waals surface area contributed by atoms with Gasteiger partial charge in [-0.15, -0.1) is 0 Å². The van der Waals surface area contributed by atoms with Gasteiger partial charge in [-0.3, -0.25) is 9.59 Å². The van der Waals surface area contributed by atoms with E-state index in [1.165, 1.54) is 7.11 Å². The van der Waals surface area contributed by atoms with Crippen LogP contribution < -0.4 is 4.74 Å². The largest absolute Gasteiger partial charge is 0.489 e. The van der Waals surface area contributed by atoms with Crippen LogP contribution in [0.3, 0.4) is 0 Å². The van der Waals surface area contributed by atoms with Gasteiger partial charge >= 0.3 is 11.9 Å². The molecular weight excluding hydrogens is 404 g/mol. The van der Waals surface area contributed by atoms with Crippen LogP contribution >= 0.6 is 0 Å². The van der Waals surface area contributed by atoms with Crippen molar-refractivity contribution in [3.05, 3.63) is 46.8 Å². The minimum atomic E-state index is -0.588. The summed E-state index contributed by atoms with van der Waals surface area (Å²) in [6.45, 7) is 4.51. The molecule has 1 saturated heterocycles. The van der Waals surface area contributed by atoms with Crippen molar-refractivity contribution in [2.75, 3.05) is 26.8 Å². The van der Waals surface area contributed by atoms with E-state index in [2.05, 4.69) is 5.16 Å². The van der Waals surface area contributed by atoms with Gasteiger partial charge in [0.2, 0.25) is 0 Å². The van der Waals surface area contributed by atoms with Crippen LogP contribution in [0.2, 0.25) is 0 Å². The highest BCUT2D eigenvalue weighted by Crippen LogP contribution is 2.20. The standard InChI is InChI=1S/C22H26N2O7/c1-14-19(15(2)31-23-14)12-29-18-6-4-16(5-7-18)22(27)30-13-20(25)24-10-8-17(9-11-24)21(26)28-3/h4-7,17H,8-13H2,1-3H3. The quantitative estimate of drug-likeness (QED) is 0.617. The van der Waals surface area contributed by atoms with Crippen LogP contribution in [0.4, 0.5) is 0 Å². The highest BCUT2D eigenvalue weighted by molar-refractivity contribution is 5.91. The van der Waals surface area contributed by atoms with Crippen LogP contribution in [0, 0.1) is 19.8 Å². The number of carbonyl (C=O) groups is 3. The fourth-order valence-corrected chi connectivity index (χ4v) is 3.38. The Labute approximate surface area is 180 Å². The number of esters is 2. The molecule has 3 rings (SSSR count). The van der Waals surface area contributed by atoms with E-state index in [9.17, 15) is 14.4 Å². The van der Waals surface area contributed by atoms with Crippen molar-refractivity contribution in [1.29, 1.82) is 0 Å². The molecule has 1 aliphatic rings. The van der Waals surface area contributed by atoms with Crippen LogP contribution in [0.15, 0.2) is 28.8 Å². The van der Waals surface area contributed by atoms with Crippen molar-refractivity contribution in [2.24, 2.45) is 5.92 Å². The molecule has 1 amide bonds. The molecule has 0 saturated carbocycles. The van der Waals surface area contributed by atoms with Gasteiger partial charge in [0.1, 0.15) is 18.1 Å². The van der Waals surface area contributed by atoms with Gasteiger partial charge in [0.05, 0.1) is 29.8 Å². The van der Waals surface area contributed by atoms with E-state index in [0.29, 0.717) is 49.6 Å². The van der Waals surface area contributed by atoms with Crippen molar-refractivity contribution in [3.8, 4) is 5.75 Å². The SMILES string of the molecule is COC(=O)C1CCN(C(=O)COC(=O)c2ccc(OCc3c(C)noc3C)cc2)CC1. The number of nitrogens with zero attached hydrogens (tertiary/aromatic N) is 2. The van der Waals surface area contributed by atoms with Crippen molar-refractivity contribution in [3.63, 3.8) is 0 Å². The van der Waals surface area contributed by atoms with Gasteiger partial charge in [-0.2, -0.15) is 0 Å². The molecule has 1 aromatic heterocycles. The molecule has 31 heavy (non-hydrogen) atoms. The summed E-state index contributed by atoms with van der Waals surface area (Å²) in [5, 5.41) is 3.88. The molecule has 2 heterocycles. The first-order valence-electron chi connectivity index (χ1n) is 10.1. The molecule has 0 spiro atoms. The van der Waals surface area contributed by atoms with Crippen LogP contribution in [0.25, 0.3) is 0 Å². The number of carbonyl (C=O) groups excluding carboxylic acids is 3. The smallest absolute Gasteiger partial charge is 0.338 e. The predicted molar refractivity (Wildman–Crippen MR) is 108 cm³/mol. The Morgan fingerprint density at radius 3 is 2.39 bits per heavy atom. The van der Waals surface area contributed by atoms with Crippen LogP contribution in [-0.2, 0) is 25.7 Å². The molecule has 0 unspecified atom stereocenters. The number of hydrogen-bond donors (Lipinski definition) is 0. The fraction of sp³-hybridized carbons (Fsp3) is 0.455. The predicted octanol–water partition coefficient (Wildman–Crippen LogP) is 2.44. The Hall–Kier alpha value is -3.36. The molecule has 1 fully saturated rings. The summed E-state index contributed by atoms with van der Waals surface area (Å²) in [5.41, 5.74) is 1.98. The average Bonchev–Trinajstić information content (AvgIpc) is 3.12. The molecule has 0 bridgehead atoms. The van der Waals surface area contributed by atoms with Gasteiger partial charge in [-0.1, -0.05) is 5.16 Å². The number of rotatable bonds is 7. The maximum absolute atomic E-state index is 12.3. The van der Waals surface area contributed by atoms with Crippen molar-refractivity contribution >= 4 is 17.8 Å². The fourth-order valence-electron chi connectivity index (χ4n) is 3.38. The molecule has 9 heteroatoms. The summed E-state index contributed by atoms with van der Waals surface area (Å²) in [4.78, 5) is 37.7. The number of hydrogen-bond acceptors (Lipinski definition) is 8. The zero-order chi connectivity index (χ0) is 22.4. The summed E-state index contributed by atoms with van der Waals surface area (Å²) >= 11 is 0. The molecule has 166 valence electrons. The van der Waals surface area contributed by atoms with Crippen LogP contribution in [0.1, 0.15) is 40.2 Å². The number of piperidine rings is 1. The molecule has 2 aromatic rings. The zero-order valence-corrected chi connectivity index (χ0v) is 17.9. The van der Waals surface area contributed by atoms with Gasteiger partial charge in [-0.05, 0) is 51.0 Å². The highest BCUT2D eigenvalue weighted by atomic mass is 16.5. The van der Waals surface area contributed by atoms with Gasteiger partial charge < -0.3 is 23.6 Å². The monoisotopic (exact) mass is 430 g/mol. The van der Waals surface area contributed by atoms with E-state index in [4.69, 9.17) is 18.7 Å². The van der Waals surface area contributed by atoms with Gasteiger partial charge in [-0.25, -0.2) is 4.79 Å². The second-order valence-corrected chi connectivity index (χ2v) is 7.37. The molecular formula is C22H26N2O7. The first-order valence-corrected chi connectivity index (χ1v) is 10.1. The lowest BCUT2D eigenvalue weighted by atomic mass is 9.97. The Morgan fingerprint density at radius 1 is 1.13 bits per heavy atom. The average molecular weight is 430 g/mol. The number of aryl methyl sites for hydroxylation is 2. The maximum Gasteiger partial charge on any atom is 0.338 e. The molecule has 9 nitrogen and oxygen atoms in total. The lowest BCUT2D eigenvalue weighted by molar-refractivity contribution is -0.149. The molecule has 0 aliphatic carbocycles. The molecule has 0 atom stereocenters. The minimum Gasteiger partial charge on any atom is -0.489 e. The molecule has 0 N–H and O–H groups in total. The highest BCUT2D eigenvalue weighted by Gasteiger charge is 2.28. The minimum absolute atomic E-state index is 0.185. The second-order valence-electron chi connectivity index (χ2n) is 7.37. The van der Waals surface area contributed by atoms with E-state index < -0.39 is 5.97 Å². The Balaban J connectivity index is 1.44. The summed E-state index contributed by atoms with van der Waals surface area (Å²) in [6, 6.07) is 6.48. The molecule has 0 radical (unpaired) electrons. The first kappa shape index (κ1) is 22.3. The number of benzene rings is 1. The first-order chi connectivity index (χ1) is 14.9. The lowest BCUT2D eigenvalue weighted by Crippen LogP contribution is -2.42. The van der Waals surface area contributed by atoms with Gasteiger partial charge in [0.25, 0.3) is 5.91 Å². The van der Waals surface area contributed by atoms with Crippen molar-refractivity contribution in [2.45, 2.75) is 33.3 Å². The maximum atomic E-state index is 12.3. The molecule has 1 aromatic carbocycles. The van der Waals surface area contributed by atoms with E-state index in [1.54, 1.807) is 29.2 Å². The molecule has 1 aliphatic heterocycles. The number of amides is 1. The summed E-state index contributed by atoms with van der Waals surface area (Å²) in [6.07, 6.45) is 1.09. The lowest BCUT2D eigenvalue weighted by Gasteiger charge is -2.30. The van der Waals surface area contributed by atoms with E-state index in [0.717, 1.165) is 11.3 Å². The Morgan fingerprint density at radius 2 is 1.81 bits per heavy atom. The van der Waals surface area contributed by atoms with E-state index >= 15 is 0 Å². The normalized spacial score (nSPS) is 14.2. The van der Waals surface area contributed by atoms with Crippen LogP contribution in [-0.4, -0.2) is 54.7 Å². The van der Waals surface area contributed by atoms with E-state index in [-0.39, 0.29) is 24.4 Å². The van der Waals surface area contributed by atoms with Crippen LogP contribution in [0.5, 0.6) is 5.75 Å². The number of methoxy groups -OCH3 is 1. The number of likely N-dealkylation sites (tertiary alicyclic amines) is 1. The third-order valence-electron chi connectivity index (χ3n) is 5.36. The zero-order valence-electron chi connectivity index (χ0n) is 17.9. The van der Waals surface area contributed by atoms with Gasteiger partial charge in [0, 0.05) is 13.1 Å². The van der Waals surface area contributed by atoms with Gasteiger partial charge in [0.15, 0.2) is 6.61 Å². The third kappa shape index (κ3) is 5.62. The summed E-state index contributed by atoms with van der Waals surface area (Å²) < 4.78 is 20.7. The summed E-state index contributed by atoms with van der Waals surface area (Å²) in [7, 11) is 1.36.